The Balaban J connectivity index is 1.39. The van der Waals surface area contributed by atoms with Gasteiger partial charge in [0.25, 0.3) is 5.91 Å². The van der Waals surface area contributed by atoms with E-state index in [9.17, 15) is 19.5 Å². The van der Waals surface area contributed by atoms with Crippen molar-refractivity contribution in [3.05, 3.63) is 94.4 Å². The molecule has 4 aromatic rings. The first-order chi connectivity index (χ1) is 18.0. The monoisotopic (exact) mass is 495 g/mol. The first-order valence-corrected chi connectivity index (χ1v) is 12.3. The third-order valence-electron chi connectivity index (χ3n) is 7.20. The zero-order chi connectivity index (χ0) is 25.5. The van der Waals surface area contributed by atoms with Crippen LogP contribution in [0.25, 0.3) is 27.8 Å². The molecule has 0 unspecified atom stereocenters. The largest absolute Gasteiger partial charge is 0.481 e. The predicted molar refractivity (Wildman–Crippen MR) is 138 cm³/mol. The lowest BCUT2D eigenvalue weighted by atomic mass is 10.0. The van der Waals surface area contributed by atoms with Crippen molar-refractivity contribution >= 4 is 22.9 Å². The predicted octanol–water partition coefficient (Wildman–Crippen LogP) is 3.71. The van der Waals surface area contributed by atoms with Gasteiger partial charge in [-0.25, -0.2) is 4.98 Å². The number of rotatable bonds is 5. The topological polar surface area (TPSA) is 102 Å². The summed E-state index contributed by atoms with van der Waals surface area (Å²) in [5.41, 5.74) is 4.01. The van der Waals surface area contributed by atoms with E-state index in [0.29, 0.717) is 43.8 Å². The Hall–Kier alpha value is -4.30. The zero-order valence-electron chi connectivity index (χ0n) is 20.0. The second kappa shape index (κ2) is 9.29. The van der Waals surface area contributed by atoms with Crippen molar-refractivity contribution in [2.24, 2.45) is 5.92 Å². The second-order valence-corrected chi connectivity index (χ2v) is 9.48. The van der Waals surface area contributed by atoms with Crippen LogP contribution < -0.4 is 5.43 Å². The molecule has 2 atom stereocenters. The smallest absolute Gasteiger partial charge is 0.307 e. The third-order valence-corrected chi connectivity index (χ3v) is 7.20. The lowest BCUT2D eigenvalue weighted by Gasteiger charge is -2.27. The molecule has 37 heavy (non-hydrogen) atoms. The van der Waals surface area contributed by atoms with E-state index in [1.54, 1.807) is 34.0 Å². The highest BCUT2D eigenvalue weighted by Crippen LogP contribution is 2.47. The van der Waals surface area contributed by atoms with Gasteiger partial charge in [-0.1, -0.05) is 36.4 Å². The summed E-state index contributed by atoms with van der Waals surface area (Å²) in [6.45, 7) is 1.80. The molecular formula is C29H25N3O5. The number of hydrogen-bond donors (Lipinski definition) is 1. The van der Waals surface area contributed by atoms with Gasteiger partial charge < -0.3 is 19.3 Å². The molecule has 0 bridgehead atoms. The first-order valence-electron chi connectivity index (χ1n) is 12.3. The number of carbonyl (C=O) groups is 2. The molecule has 1 N–H and O–H groups in total. The fourth-order valence-electron chi connectivity index (χ4n) is 5.04. The van der Waals surface area contributed by atoms with Crippen LogP contribution in [0.5, 0.6) is 0 Å². The Morgan fingerprint density at radius 1 is 0.973 bits per heavy atom. The Kier molecular flexibility index (Phi) is 5.81. The molecule has 8 heteroatoms. The maximum atomic E-state index is 13.3. The standard InChI is InChI=1S/C29H25N3O5/c33-26-22-5-2-10-30-27(22)32(17-25(26)28(34)31-11-13-37-14-12-31)21-4-1-3-20(15-21)18-6-8-19(9-7-18)23-16-24(23)29(35)36/h1-10,15,17,23-24H,11-14,16H2,(H,35,36)/t23-,24+/m0/s1. The Bertz CT molecular complexity index is 1570. The van der Waals surface area contributed by atoms with Crippen LogP contribution in [0, 0.1) is 5.92 Å². The average molecular weight is 496 g/mol. The van der Waals surface area contributed by atoms with Gasteiger partial charge in [0, 0.05) is 31.2 Å². The van der Waals surface area contributed by atoms with E-state index in [-0.39, 0.29) is 28.7 Å². The van der Waals surface area contributed by atoms with Crippen molar-refractivity contribution in [2.45, 2.75) is 12.3 Å². The van der Waals surface area contributed by atoms with Crippen molar-refractivity contribution in [2.75, 3.05) is 26.3 Å². The van der Waals surface area contributed by atoms with Gasteiger partial charge in [-0.2, -0.15) is 0 Å². The van der Waals surface area contributed by atoms with Gasteiger partial charge >= 0.3 is 5.97 Å². The summed E-state index contributed by atoms with van der Waals surface area (Å²) < 4.78 is 7.16. The molecular weight excluding hydrogens is 470 g/mol. The highest BCUT2D eigenvalue weighted by molar-refractivity contribution is 5.97. The lowest BCUT2D eigenvalue weighted by molar-refractivity contribution is -0.138. The summed E-state index contributed by atoms with van der Waals surface area (Å²) in [4.78, 5) is 43.9. The fraction of sp³-hybridized carbons (Fsp3) is 0.241. The Labute approximate surface area is 212 Å². The van der Waals surface area contributed by atoms with E-state index in [2.05, 4.69) is 4.98 Å². The number of hydrogen-bond acceptors (Lipinski definition) is 5. The van der Waals surface area contributed by atoms with Gasteiger partial charge in [0.05, 0.1) is 24.5 Å². The number of carbonyl (C=O) groups excluding carboxylic acids is 1. The second-order valence-electron chi connectivity index (χ2n) is 9.48. The van der Waals surface area contributed by atoms with E-state index >= 15 is 0 Å². The number of aliphatic carboxylic acids is 1. The number of nitrogens with zero attached hydrogens (tertiary/aromatic N) is 3. The van der Waals surface area contributed by atoms with Crippen LogP contribution in [0.2, 0.25) is 0 Å². The summed E-state index contributed by atoms with van der Waals surface area (Å²) in [6, 6.07) is 19.2. The minimum absolute atomic E-state index is 0.0823. The van der Waals surface area contributed by atoms with Gasteiger partial charge in [0.2, 0.25) is 5.43 Å². The Morgan fingerprint density at radius 2 is 1.76 bits per heavy atom. The maximum Gasteiger partial charge on any atom is 0.307 e. The lowest BCUT2D eigenvalue weighted by Crippen LogP contribution is -2.42. The number of amides is 1. The molecule has 1 amide bonds. The number of aromatic nitrogens is 2. The molecule has 0 spiro atoms. The van der Waals surface area contributed by atoms with Crippen LogP contribution in [-0.2, 0) is 9.53 Å². The highest BCUT2D eigenvalue weighted by Gasteiger charge is 2.44. The SMILES string of the molecule is O=C(O)[C@@H]1C[C@H]1c1ccc(-c2cccc(-n3cc(C(=O)N4CCOCC4)c(=O)c4cccnc43)c2)cc1. The number of benzene rings is 2. The fourth-order valence-corrected chi connectivity index (χ4v) is 5.04. The highest BCUT2D eigenvalue weighted by atomic mass is 16.5. The molecule has 186 valence electrons. The number of fused-ring (bicyclic) bond motifs is 1. The molecule has 2 aliphatic rings. The quantitative estimate of drug-likeness (QED) is 0.453. The summed E-state index contributed by atoms with van der Waals surface area (Å²) in [6.07, 6.45) is 3.91. The summed E-state index contributed by atoms with van der Waals surface area (Å²) >= 11 is 0. The van der Waals surface area contributed by atoms with E-state index < -0.39 is 5.97 Å². The van der Waals surface area contributed by atoms with Crippen LogP contribution in [-0.4, -0.2) is 57.7 Å². The molecule has 2 aromatic carbocycles. The molecule has 1 saturated heterocycles. The molecule has 6 rings (SSSR count). The molecule has 8 nitrogen and oxygen atoms in total. The Morgan fingerprint density at radius 3 is 2.49 bits per heavy atom. The van der Waals surface area contributed by atoms with E-state index in [4.69, 9.17) is 4.74 Å². The van der Waals surface area contributed by atoms with Crippen molar-refractivity contribution in [3.63, 3.8) is 0 Å². The maximum absolute atomic E-state index is 13.3. The van der Waals surface area contributed by atoms with Gasteiger partial charge in [-0.05, 0) is 53.3 Å². The summed E-state index contributed by atoms with van der Waals surface area (Å²) in [5, 5.41) is 9.60. The van der Waals surface area contributed by atoms with Crippen molar-refractivity contribution in [1.29, 1.82) is 0 Å². The van der Waals surface area contributed by atoms with Gasteiger partial charge in [0.1, 0.15) is 11.2 Å². The molecule has 1 aliphatic heterocycles. The minimum Gasteiger partial charge on any atom is -0.481 e. The van der Waals surface area contributed by atoms with Gasteiger partial charge in [-0.3, -0.25) is 14.4 Å². The van der Waals surface area contributed by atoms with Crippen LogP contribution in [0.4, 0.5) is 0 Å². The van der Waals surface area contributed by atoms with E-state index in [1.165, 1.54) is 0 Å². The molecule has 3 heterocycles. The van der Waals surface area contributed by atoms with Crippen molar-refractivity contribution in [1.82, 2.24) is 14.5 Å². The first kappa shape index (κ1) is 23.1. The van der Waals surface area contributed by atoms with Crippen LogP contribution in [0.1, 0.15) is 28.3 Å². The zero-order valence-corrected chi connectivity index (χ0v) is 20.0. The van der Waals surface area contributed by atoms with E-state index in [0.717, 1.165) is 22.4 Å². The van der Waals surface area contributed by atoms with Crippen LogP contribution in [0.15, 0.2) is 77.9 Å². The number of carboxylic acid groups (broad SMARTS) is 1. The van der Waals surface area contributed by atoms with Crippen molar-refractivity contribution in [3.8, 4) is 16.8 Å². The molecule has 1 saturated carbocycles. The number of carboxylic acids is 1. The summed E-state index contributed by atoms with van der Waals surface area (Å²) in [5.74, 6) is -1.25. The van der Waals surface area contributed by atoms with Gasteiger partial charge in [-0.15, -0.1) is 0 Å². The number of morpholine rings is 1. The van der Waals surface area contributed by atoms with Crippen LogP contribution in [0.3, 0.4) is 0 Å². The summed E-state index contributed by atoms with van der Waals surface area (Å²) in [7, 11) is 0. The molecule has 0 radical (unpaired) electrons. The molecule has 1 aliphatic carbocycles. The number of pyridine rings is 2. The molecule has 2 aromatic heterocycles. The van der Waals surface area contributed by atoms with Crippen LogP contribution >= 0.6 is 0 Å². The van der Waals surface area contributed by atoms with Gasteiger partial charge in [0.15, 0.2) is 0 Å². The van der Waals surface area contributed by atoms with Crippen molar-refractivity contribution < 1.29 is 19.4 Å². The average Bonchev–Trinajstić information content (AvgIpc) is 3.75. The minimum atomic E-state index is -0.741. The van der Waals surface area contributed by atoms with E-state index in [1.807, 2.05) is 48.5 Å². The normalized spacial score (nSPS) is 19.1. The molecule has 2 fully saturated rings. The third kappa shape index (κ3) is 4.29. The number of ether oxygens (including phenoxy) is 1.